The molecule has 12 nitrogen and oxygen atoms in total. The molecule has 5 atom stereocenters. The number of aliphatic hydroxyl groups is 2. The van der Waals surface area contributed by atoms with E-state index < -0.39 is 43.5 Å². The molecule has 0 bridgehead atoms. The van der Waals surface area contributed by atoms with Crippen LogP contribution in [-0.2, 0) is 13.8 Å². The van der Waals surface area contributed by atoms with Crippen LogP contribution >= 0.6 is 7.82 Å². The van der Waals surface area contributed by atoms with Crippen molar-refractivity contribution in [3.8, 4) is 0 Å². The van der Waals surface area contributed by atoms with Gasteiger partial charge in [-0.05, 0) is 13.3 Å². The average molecular weight is 404 g/mol. The molecule has 1 aliphatic heterocycles. The van der Waals surface area contributed by atoms with Crippen LogP contribution in [0.2, 0.25) is 0 Å². The third-order valence-corrected chi connectivity index (χ3v) is 5.38. The number of aromatic nitrogens is 4. The molecule has 1 saturated heterocycles. The largest absolute Gasteiger partial charge is 0.470 e. The molecule has 0 aromatic carbocycles. The molecule has 2 aromatic rings. The zero-order valence-electron chi connectivity index (χ0n) is 14.6. The molecule has 3 rings (SSSR count). The Kier molecular flexibility index (Phi) is 5.25. The van der Waals surface area contributed by atoms with E-state index in [1.54, 1.807) is 6.92 Å². The van der Waals surface area contributed by atoms with Crippen LogP contribution in [0.4, 0.5) is 0 Å². The van der Waals surface area contributed by atoms with Crippen molar-refractivity contribution in [1.82, 2.24) is 19.5 Å². The second-order valence-corrected chi connectivity index (χ2v) is 7.86. The summed E-state index contributed by atoms with van der Waals surface area (Å²) in [6.07, 6.45) is -2.17. The molecule has 3 heterocycles. The van der Waals surface area contributed by atoms with Crippen molar-refractivity contribution in [2.75, 3.05) is 0 Å². The number of H-pyrrole nitrogens is 1. The summed E-state index contributed by atoms with van der Waals surface area (Å²) in [4.78, 5) is 40.3. The number of aliphatic hydroxyl groups excluding tert-OH is 2. The highest BCUT2D eigenvalue weighted by Crippen LogP contribution is 2.46. The Hall–Kier alpha value is -1.66. The smallest absolute Gasteiger partial charge is 0.388 e. The lowest BCUT2D eigenvalue weighted by Crippen LogP contribution is -2.38. The lowest BCUT2D eigenvalue weighted by Gasteiger charge is -2.31. The average Bonchev–Trinajstić information content (AvgIpc) is 3.11. The number of nitrogens with one attached hydrogen (secondary N) is 1. The predicted molar refractivity (Wildman–Crippen MR) is 90.5 cm³/mol. The van der Waals surface area contributed by atoms with Gasteiger partial charge >= 0.3 is 7.82 Å². The minimum Gasteiger partial charge on any atom is -0.388 e. The molecule has 0 saturated carbocycles. The Morgan fingerprint density at radius 3 is 2.70 bits per heavy atom. The maximum Gasteiger partial charge on any atom is 0.470 e. The highest BCUT2D eigenvalue weighted by Gasteiger charge is 2.47. The quantitative estimate of drug-likeness (QED) is 0.390. The SMILES string of the molecule is CCC(C)(C[C@H]1O[C@@H](n2cnc3c(=O)[nH]cnc32)[C@H](O)[C@@H]1O)OP(=O)(O)O. The molecule has 1 unspecified atom stereocenters. The van der Waals surface area contributed by atoms with E-state index in [-0.39, 0.29) is 24.0 Å². The van der Waals surface area contributed by atoms with Gasteiger partial charge in [0.15, 0.2) is 17.4 Å². The van der Waals surface area contributed by atoms with Gasteiger partial charge in [0, 0.05) is 6.42 Å². The Bertz CT molecular complexity index is 925. The molecule has 0 spiro atoms. The first-order chi connectivity index (χ1) is 12.5. The summed E-state index contributed by atoms with van der Waals surface area (Å²) in [5.74, 6) is 0. The summed E-state index contributed by atoms with van der Waals surface area (Å²) in [6.45, 7) is 3.15. The van der Waals surface area contributed by atoms with Crippen molar-refractivity contribution >= 4 is 19.0 Å². The minimum absolute atomic E-state index is 0.0504. The summed E-state index contributed by atoms with van der Waals surface area (Å²) in [7, 11) is -4.76. The van der Waals surface area contributed by atoms with Crippen molar-refractivity contribution in [3.05, 3.63) is 23.0 Å². The van der Waals surface area contributed by atoms with Crippen LogP contribution in [0.15, 0.2) is 17.4 Å². The number of rotatable bonds is 6. The maximum atomic E-state index is 11.8. The van der Waals surface area contributed by atoms with Crippen LogP contribution in [0.3, 0.4) is 0 Å². The summed E-state index contributed by atoms with van der Waals surface area (Å²) in [5.41, 5.74) is -1.53. The number of imidazole rings is 1. The Morgan fingerprint density at radius 1 is 1.37 bits per heavy atom. The molecular weight excluding hydrogens is 383 g/mol. The highest BCUT2D eigenvalue weighted by atomic mass is 31.2. The van der Waals surface area contributed by atoms with Gasteiger partial charge in [0.1, 0.15) is 12.2 Å². The number of ether oxygens (including phenoxy) is 1. The molecule has 5 N–H and O–H groups in total. The first-order valence-corrected chi connectivity index (χ1v) is 9.76. The molecule has 150 valence electrons. The Labute approximate surface area is 153 Å². The van der Waals surface area contributed by atoms with Gasteiger partial charge in [-0.15, -0.1) is 0 Å². The number of fused-ring (bicyclic) bond motifs is 1. The van der Waals surface area contributed by atoms with E-state index in [0.717, 1.165) is 0 Å². The van der Waals surface area contributed by atoms with Crippen LogP contribution in [-0.4, -0.2) is 63.4 Å². The van der Waals surface area contributed by atoms with E-state index in [0.29, 0.717) is 0 Å². The third kappa shape index (κ3) is 3.97. The fourth-order valence-electron chi connectivity index (χ4n) is 3.14. The van der Waals surface area contributed by atoms with Gasteiger partial charge in [-0.2, -0.15) is 0 Å². The van der Waals surface area contributed by atoms with Crippen LogP contribution in [0.25, 0.3) is 11.2 Å². The molecule has 0 amide bonds. The van der Waals surface area contributed by atoms with Gasteiger partial charge in [0.25, 0.3) is 5.56 Å². The number of phosphoric ester groups is 1. The van der Waals surface area contributed by atoms with Crippen LogP contribution in [0, 0.1) is 0 Å². The first-order valence-electron chi connectivity index (χ1n) is 8.23. The summed E-state index contributed by atoms with van der Waals surface area (Å²) < 4.78 is 23.1. The van der Waals surface area contributed by atoms with E-state index in [1.807, 2.05) is 0 Å². The van der Waals surface area contributed by atoms with Gasteiger partial charge in [-0.3, -0.25) is 13.9 Å². The van der Waals surface area contributed by atoms with E-state index in [9.17, 15) is 19.6 Å². The van der Waals surface area contributed by atoms with Gasteiger partial charge < -0.3 is 29.7 Å². The minimum atomic E-state index is -4.76. The van der Waals surface area contributed by atoms with Crippen LogP contribution in [0.5, 0.6) is 0 Å². The van der Waals surface area contributed by atoms with E-state index in [1.165, 1.54) is 24.1 Å². The topological polar surface area (TPSA) is 180 Å². The molecule has 0 radical (unpaired) electrons. The molecule has 13 heteroatoms. The van der Waals surface area contributed by atoms with Crippen molar-refractivity contribution in [2.45, 2.75) is 56.8 Å². The van der Waals surface area contributed by atoms with Crippen molar-refractivity contribution < 1.29 is 33.8 Å². The zero-order valence-corrected chi connectivity index (χ0v) is 15.5. The summed E-state index contributed by atoms with van der Waals surface area (Å²) in [5, 5.41) is 20.8. The second kappa shape index (κ2) is 7.06. The van der Waals surface area contributed by atoms with Gasteiger partial charge in [-0.1, -0.05) is 6.92 Å². The lowest BCUT2D eigenvalue weighted by atomic mass is 9.93. The molecule has 2 aromatic heterocycles. The van der Waals surface area contributed by atoms with Gasteiger partial charge in [-0.25, -0.2) is 14.5 Å². The molecule has 1 aliphatic rings. The van der Waals surface area contributed by atoms with Crippen molar-refractivity contribution in [1.29, 1.82) is 0 Å². The monoisotopic (exact) mass is 404 g/mol. The van der Waals surface area contributed by atoms with Gasteiger partial charge in [0.05, 0.1) is 24.4 Å². The number of phosphoric acid groups is 1. The summed E-state index contributed by atoms with van der Waals surface area (Å²) in [6, 6.07) is 0. The van der Waals surface area contributed by atoms with Crippen LogP contribution in [0.1, 0.15) is 32.9 Å². The van der Waals surface area contributed by atoms with Crippen molar-refractivity contribution in [3.63, 3.8) is 0 Å². The number of hydrogen-bond acceptors (Lipinski definition) is 8. The fraction of sp³-hybridized carbons (Fsp3) is 0.643. The second-order valence-electron chi connectivity index (χ2n) is 6.69. The Balaban J connectivity index is 1.86. The molecular formula is C14H21N4O8P. The molecule has 1 fully saturated rings. The number of nitrogens with zero attached hydrogens (tertiary/aromatic N) is 3. The molecule has 0 aliphatic carbocycles. The van der Waals surface area contributed by atoms with E-state index >= 15 is 0 Å². The van der Waals surface area contributed by atoms with E-state index in [4.69, 9.17) is 19.0 Å². The number of hydrogen-bond donors (Lipinski definition) is 5. The fourth-order valence-corrected chi connectivity index (χ4v) is 3.91. The van der Waals surface area contributed by atoms with E-state index in [2.05, 4.69) is 15.0 Å². The highest BCUT2D eigenvalue weighted by molar-refractivity contribution is 7.46. The van der Waals surface area contributed by atoms with Crippen LogP contribution < -0.4 is 5.56 Å². The Morgan fingerprint density at radius 2 is 2.07 bits per heavy atom. The predicted octanol–water partition coefficient (Wildman–Crippen LogP) is -0.593. The zero-order chi connectivity index (χ0) is 20.0. The first kappa shape index (κ1) is 20.1. The normalized spacial score (nSPS) is 28.5. The summed E-state index contributed by atoms with van der Waals surface area (Å²) >= 11 is 0. The van der Waals surface area contributed by atoms with Crippen molar-refractivity contribution in [2.24, 2.45) is 0 Å². The lowest BCUT2D eigenvalue weighted by molar-refractivity contribution is -0.0683. The maximum absolute atomic E-state index is 11.8. The standard InChI is InChI=1S/C14H21N4O8P/c1-3-14(2,26-27(22,23)24)4-7-9(19)10(20)13(25-7)18-6-17-8-11(18)15-5-16-12(8)21/h5-7,9-10,13,19-20H,3-4H2,1-2H3,(H,15,16,21)(H2,22,23,24)/t7-,9-,10-,13-,14?/m1/s1. The third-order valence-electron chi connectivity index (χ3n) is 4.70. The van der Waals surface area contributed by atoms with Gasteiger partial charge in [0.2, 0.25) is 0 Å². The molecule has 27 heavy (non-hydrogen) atoms. The number of aromatic amines is 1.